The van der Waals surface area contributed by atoms with Crippen LogP contribution in [0.3, 0.4) is 0 Å². The SMILES string of the molecule is CCC(N)c1ccc(SCCC(=O)OC)cn1. The minimum absolute atomic E-state index is 0.00381. The minimum atomic E-state index is -0.185. The molecular weight excluding hydrogens is 236 g/mol. The van der Waals surface area contributed by atoms with Crippen molar-refractivity contribution in [3.8, 4) is 0 Å². The lowest BCUT2D eigenvalue weighted by molar-refractivity contribution is -0.140. The average molecular weight is 254 g/mol. The molecule has 1 rings (SSSR count). The second-order valence-electron chi connectivity index (χ2n) is 3.61. The van der Waals surface area contributed by atoms with Gasteiger partial charge < -0.3 is 10.5 Å². The number of ether oxygens (including phenoxy) is 1. The summed E-state index contributed by atoms with van der Waals surface area (Å²) in [4.78, 5) is 16.3. The lowest BCUT2D eigenvalue weighted by atomic mass is 10.1. The van der Waals surface area contributed by atoms with Crippen LogP contribution in [-0.4, -0.2) is 23.8 Å². The first kappa shape index (κ1) is 14.0. The smallest absolute Gasteiger partial charge is 0.306 e. The highest BCUT2D eigenvalue weighted by Crippen LogP contribution is 2.20. The molecular formula is C12H18N2O2S. The average Bonchev–Trinajstić information content (AvgIpc) is 2.38. The quantitative estimate of drug-likeness (QED) is 0.622. The summed E-state index contributed by atoms with van der Waals surface area (Å²) in [6, 6.07) is 3.93. The van der Waals surface area contributed by atoms with Crippen molar-refractivity contribution < 1.29 is 9.53 Å². The molecule has 94 valence electrons. The molecule has 17 heavy (non-hydrogen) atoms. The van der Waals surface area contributed by atoms with Crippen LogP contribution in [0.1, 0.15) is 31.5 Å². The molecule has 1 aromatic rings. The van der Waals surface area contributed by atoms with Gasteiger partial charge in [0.2, 0.25) is 0 Å². The first-order valence-electron chi connectivity index (χ1n) is 5.58. The van der Waals surface area contributed by atoms with Crippen molar-refractivity contribution in [2.24, 2.45) is 5.73 Å². The number of thioether (sulfide) groups is 1. The van der Waals surface area contributed by atoms with Gasteiger partial charge in [0.15, 0.2) is 0 Å². The topological polar surface area (TPSA) is 65.2 Å². The predicted octanol–water partition coefficient (Wildman–Crippen LogP) is 2.15. The second kappa shape index (κ2) is 7.29. The van der Waals surface area contributed by atoms with Gasteiger partial charge in [-0.3, -0.25) is 9.78 Å². The maximum absolute atomic E-state index is 10.9. The fraction of sp³-hybridized carbons (Fsp3) is 0.500. The summed E-state index contributed by atoms with van der Waals surface area (Å²) in [5.41, 5.74) is 6.78. The molecule has 0 amide bonds. The number of esters is 1. The minimum Gasteiger partial charge on any atom is -0.469 e. The zero-order chi connectivity index (χ0) is 12.7. The molecule has 0 radical (unpaired) electrons. The third-order valence-electron chi connectivity index (χ3n) is 2.38. The van der Waals surface area contributed by atoms with E-state index in [1.54, 1.807) is 18.0 Å². The van der Waals surface area contributed by atoms with Crippen molar-refractivity contribution in [1.29, 1.82) is 0 Å². The van der Waals surface area contributed by atoms with Crippen LogP contribution < -0.4 is 5.73 Å². The normalized spacial score (nSPS) is 12.2. The van der Waals surface area contributed by atoms with Crippen LogP contribution in [0, 0.1) is 0 Å². The number of carbonyl (C=O) groups is 1. The summed E-state index contributed by atoms with van der Waals surface area (Å²) < 4.78 is 4.57. The molecule has 0 aliphatic rings. The molecule has 0 saturated carbocycles. The van der Waals surface area contributed by atoms with Gasteiger partial charge in [-0.05, 0) is 18.6 Å². The van der Waals surface area contributed by atoms with Gasteiger partial charge in [-0.15, -0.1) is 11.8 Å². The van der Waals surface area contributed by atoms with E-state index in [1.807, 2.05) is 19.1 Å². The molecule has 0 aromatic carbocycles. The summed E-state index contributed by atoms with van der Waals surface area (Å²) >= 11 is 1.59. The highest BCUT2D eigenvalue weighted by Gasteiger charge is 2.05. The highest BCUT2D eigenvalue weighted by molar-refractivity contribution is 7.99. The number of nitrogens with zero attached hydrogens (tertiary/aromatic N) is 1. The van der Waals surface area contributed by atoms with E-state index >= 15 is 0 Å². The number of hydrogen-bond acceptors (Lipinski definition) is 5. The number of aromatic nitrogens is 1. The Labute approximate surface area is 106 Å². The van der Waals surface area contributed by atoms with E-state index < -0.39 is 0 Å². The first-order chi connectivity index (χ1) is 8.17. The van der Waals surface area contributed by atoms with Crippen molar-refractivity contribution in [3.05, 3.63) is 24.0 Å². The molecule has 1 unspecified atom stereocenters. The van der Waals surface area contributed by atoms with E-state index in [1.165, 1.54) is 7.11 Å². The Morgan fingerprint density at radius 2 is 2.35 bits per heavy atom. The molecule has 0 fully saturated rings. The monoisotopic (exact) mass is 254 g/mol. The Morgan fingerprint density at radius 1 is 1.59 bits per heavy atom. The van der Waals surface area contributed by atoms with Crippen LogP contribution in [0.2, 0.25) is 0 Å². The summed E-state index contributed by atoms with van der Waals surface area (Å²) in [6.07, 6.45) is 3.09. The van der Waals surface area contributed by atoms with Crippen molar-refractivity contribution in [2.75, 3.05) is 12.9 Å². The van der Waals surface area contributed by atoms with Crippen LogP contribution in [0.4, 0.5) is 0 Å². The van der Waals surface area contributed by atoms with Crippen molar-refractivity contribution in [2.45, 2.75) is 30.7 Å². The molecule has 4 nitrogen and oxygen atoms in total. The van der Waals surface area contributed by atoms with E-state index in [9.17, 15) is 4.79 Å². The summed E-state index contributed by atoms with van der Waals surface area (Å²) in [7, 11) is 1.40. The van der Waals surface area contributed by atoms with Crippen molar-refractivity contribution in [1.82, 2.24) is 4.98 Å². The number of rotatable bonds is 6. The Bertz CT molecular complexity index is 354. The third-order valence-corrected chi connectivity index (χ3v) is 3.36. The van der Waals surface area contributed by atoms with E-state index in [0.29, 0.717) is 12.2 Å². The lowest BCUT2D eigenvalue weighted by Gasteiger charge is -2.08. The summed E-state index contributed by atoms with van der Waals surface area (Å²) in [5, 5.41) is 0. The Kier molecular flexibility index (Phi) is 6.00. The van der Waals surface area contributed by atoms with E-state index in [0.717, 1.165) is 17.0 Å². The molecule has 1 heterocycles. The molecule has 0 aliphatic heterocycles. The molecule has 0 spiro atoms. The van der Waals surface area contributed by atoms with Gasteiger partial charge in [0.25, 0.3) is 0 Å². The van der Waals surface area contributed by atoms with E-state index in [4.69, 9.17) is 5.73 Å². The fourth-order valence-electron chi connectivity index (χ4n) is 1.26. The number of carbonyl (C=O) groups excluding carboxylic acids is 1. The van der Waals surface area contributed by atoms with Gasteiger partial charge in [-0.1, -0.05) is 6.92 Å². The second-order valence-corrected chi connectivity index (χ2v) is 4.78. The van der Waals surface area contributed by atoms with Gasteiger partial charge in [0.1, 0.15) is 0 Å². The van der Waals surface area contributed by atoms with Crippen molar-refractivity contribution >= 4 is 17.7 Å². The van der Waals surface area contributed by atoms with Crippen LogP contribution in [0.5, 0.6) is 0 Å². The molecule has 1 aromatic heterocycles. The Morgan fingerprint density at radius 3 is 2.88 bits per heavy atom. The number of methoxy groups -OCH3 is 1. The van der Waals surface area contributed by atoms with Gasteiger partial charge in [0, 0.05) is 22.9 Å². The van der Waals surface area contributed by atoms with E-state index in [2.05, 4.69) is 9.72 Å². The van der Waals surface area contributed by atoms with Crippen LogP contribution in [0.15, 0.2) is 23.2 Å². The molecule has 0 bridgehead atoms. The van der Waals surface area contributed by atoms with Gasteiger partial charge in [0.05, 0.1) is 19.2 Å². The Balaban J connectivity index is 2.43. The van der Waals surface area contributed by atoms with Crippen molar-refractivity contribution in [3.63, 3.8) is 0 Å². The fourth-order valence-corrected chi connectivity index (χ4v) is 2.06. The predicted molar refractivity (Wildman–Crippen MR) is 68.8 cm³/mol. The summed E-state index contributed by atoms with van der Waals surface area (Å²) in [6.45, 7) is 2.03. The summed E-state index contributed by atoms with van der Waals surface area (Å²) in [5.74, 6) is 0.517. The van der Waals surface area contributed by atoms with Gasteiger partial charge >= 0.3 is 5.97 Å². The maximum atomic E-state index is 10.9. The highest BCUT2D eigenvalue weighted by atomic mass is 32.2. The molecule has 0 saturated heterocycles. The number of hydrogen-bond donors (Lipinski definition) is 1. The Hall–Kier alpha value is -1.07. The lowest BCUT2D eigenvalue weighted by Crippen LogP contribution is -2.10. The maximum Gasteiger partial charge on any atom is 0.306 e. The number of nitrogens with two attached hydrogens (primary N) is 1. The number of pyridine rings is 1. The standard InChI is InChI=1S/C12H18N2O2S/c1-3-10(13)11-5-4-9(8-14-11)17-7-6-12(15)16-2/h4-5,8,10H,3,6-7,13H2,1-2H3. The molecule has 5 heteroatoms. The van der Waals surface area contributed by atoms with Gasteiger partial charge in [-0.2, -0.15) is 0 Å². The zero-order valence-electron chi connectivity index (χ0n) is 10.2. The van der Waals surface area contributed by atoms with Crippen LogP contribution >= 0.6 is 11.8 Å². The molecule has 0 aliphatic carbocycles. The van der Waals surface area contributed by atoms with Gasteiger partial charge in [-0.25, -0.2) is 0 Å². The van der Waals surface area contributed by atoms with E-state index in [-0.39, 0.29) is 12.0 Å². The van der Waals surface area contributed by atoms with Crippen LogP contribution in [0.25, 0.3) is 0 Å². The molecule has 2 N–H and O–H groups in total. The zero-order valence-corrected chi connectivity index (χ0v) is 11.0. The first-order valence-corrected chi connectivity index (χ1v) is 6.57. The third kappa shape index (κ3) is 4.75. The molecule has 1 atom stereocenters. The largest absolute Gasteiger partial charge is 0.469 e. The van der Waals surface area contributed by atoms with Crippen LogP contribution in [-0.2, 0) is 9.53 Å².